The third kappa shape index (κ3) is 4.60. The predicted molar refractivity (Wildman–Crippen MR) is 121 cm³/mol. The maximum Gasteiger partial charge on any atom is 0.287 e. The number of amides is 1. The van der Waals surface area contributed by atoms with Gasteiger partial charge in [-0.05, 0) is 62.1 Å². The van der Waals surface area contributed by atoms with Gasteiger partial charge < -0.3 is 19.0 Å². The van der Waals surface area contributed by atoms with E-state index in [1.807, 2.05) is 18.3 Å². The van der Waals surface area contributed by atoms with Crippen LogP contribution in [0, 0.1) is 0 Å². The number of ether oxygens (including phenoxy) is 1. The van der Waals surface area contributed by atoms with Gasteiger partial charge in [0.25, 0.3) is 5.91 Å². The fourth-order valence-corrected chi connectivity index (χ4v) is 4.85. The van der Waals surface area contributed by atoms with Crippen LogP contribution >= 0.6 is 11.6 Å². The zero-order valence-electron chi connectivity index (χ0n) is 17.9. The highest BCUT2D eigenvalue weighted by atomic mass is 35.5. The second kappa shape index (κ2) is 9.10. The van der Waals surface area contributed by atoms with Crippen molar-refractivity contribution in [1.82, 2.24) is 19.8 Å². The largest absolute Gasteiger partial charge is 0.459 e. The van der Waals surface area contributed by atoms with E-state index in [2.05, 4.69) is 31.9 Å². The fraction of sp³-hybridized carbons (Fsp3) is 0.417. The third-order valence-corrected chi connectivity index (χ3v) is 6.74. The number of hydrogen-bond acceptors (Lipinski definition) is 5. The number of hydrogen-bond donors (Lipinski definition) is 1. The minimum Gasteiger partial charge on any atom is -0.459 e. The number of carbonyl (C=O) groups is 1. The molecule has 8 heteroatoms. The molecule has 7 nitrogen and oxygen atoms in total. The highest BCUT2D eigenvalue weighted by molar-refractivity contribution is 6.30. The normalized spacial score (nSPS) is 20.6. The van der Waals surface area contributed by atoms with Crippen molar-refractivity contribution in [2.45, 2.75) is 43.9 Å². The molecule has 2 saturated heterocycles. The Morgan fingerprint density at radius 3 is 2.81 bits per heavy atom. The van der Waals surface area contributed by atoms with Crippen LogP contribution in [0.1, 0.15) is 41.9 Å². The molecule has 168 valence electrons. The summed E-state index contributed by atoms with van der Waals surface area (Å²) in [5, 5.41) is 3.57. The molecule has 32 heavy (non-hydrogen) atoms. The molecule has 3 aromatic heterocycles. The Hall–Kier alpha value is -2.61. The Kier molecular flexibility index (Phi) is 6.04. The number of aromatic nitrogens is 2. The van der Waals surface area contributed by atoms with Gasteiger partial charge in [-0.25, -0.2) is 4.98 Å². The van der Waals surface area contributed by atoms with Crippen LogP contribution in [0.3, 0.4) is 0 Å². The maximum atomic E-state index is 12.1. The lowest BCUT2D eigenvalue weighted by molar-refractivity contribution is -0.0766. The molecule has 0 radical (unpaired) electrons. The summed E-state index contributed by atoms with van der Waals surface area (Å²) in [6.07, 6.45) is 9.33. The molecule has 2 aliphatic heterocycles. The molecular weight excluding hydrogens is 428 g/mol. The fourth-order valence-electron chi connectivity index (χ4n) is 4.74. The first-order valence-electron chi connectivity index (χ1n) is 11.1. The van der Waals surface area contributed by atoms with Gasteiger partial charge in [0.2, 0.25) is 0 Å². The molecule has 3 aromatic rings. The van der Waals surface area contributed by atoms with Gasteiger partial charge in [0.05, 0.1) is 23.0 Å². The number of halogens is 1. The lowest BCUT2D eigenvalue weighted by Crippen LogP contribution is -2.45. The molecule has 0 saturated carbocycles. The summed E-state index contributed by atoms with van der Waals surface area (Å²) in [5.41, 5.74) is 1.15. The minimum absolute atomic E-state index is 0.0592. The Balaban J connectivity index is 1.12. The van der Waals surface area contributed by atoms with Crippen molar-refractivity contribution in [2.24, 2.45) is 0 Å². The van der Waals surface area contributed by atoms with Crippen LogP contribution in [0.4, 0.5) is 0 Å². The Morgan fingerprint density at radius 2 is 2.06 bits per heavy atom. The number of nitrogens with one attached hydrogen (secondary N) is 1. The zero-order chi connectivity index (χ0) is 22.0. The Morgan fingerprint density at radius 1 is 1.19 bits per heavy atom. The monoisotopic (exact) mass is 454 g/mol. The lowest BCUT2D eigenvalue weighted by Gasteiger charge is -2.39. The zero-order valence-corrected chi connectivity index (χ0v) is 18.6. The van der Waals surface area contributed by atoms with Crippen molar-refractivity contribution in [3.05, 3.63) is 71.5 Å². The van der Waals surface area contributed by atoms with E-state index in [-0.39, 0.29) is 17.6 Å². The molecule has 0 aromatic carbocycles. The molecule has 1 amide bonds. The van der Waals surface area contributed by atoms with E-state index >= 15 is 0 Å². The highest BCUT2D eigenvalue weighted by Crippen LogP contribution is 2.39. The summed E-state index contributed by atoms with van der Waals surface area (Å²) >= 11 is 5.98. The standard InChI is InChI=1S/C24H27ClN4O3/c25-18-5-6-22(26-15-18)29-11-1-3-19(29)17-28-12-9-24(10-13-28)8-7-20(32-24)16-27-23(30)21-4-2-14-31-21/h1-6,11,14-15,20H,7-10,12-13,16-17H2,(H,27,30). The molecule has 1 N–H and O–H groups in total. The SMILES string of the molecule is O=C(NCC1CCC2(CCN(Cc3cccn3-c3ccc(Cl)cn3)CC2)O1)c1ccco1. The van der Waals surface area contributed by atoms with Crippen LogP contribution < -0.4 is 5.32 Å². The first-order valence-corrected chi connectivity index (χ1v) is 11.5. The average Bonchev–Trinajstić information content (AvgIpc) is 3.56. The van der Waals surface area contributed by atoms with Crippen LogP contribution in [0.5, 0.6) is 0 Å². The number of carbonyl (C=O) groups excluding carboxylic acids is 1. The van der Waals surface area contributed by atoms with Crippen molar-refractivity contribution in [2.75, 3.05) is 19.6 Å². The number of furan rings is 1. The van der Waals surface area contributed by atoms with E-state index in [1.165, 1.54) is 12.0 Å². The molecule has 1 atom stereocenters. The topological polar surface area (TPSA) is 72.5 Å². The number of nitrogens with zero attached hydrogens (tertiary/aromatic N) is 3. The first kappa shape index (κ1) is 21.2. The molecule has 0 bridgehead atoms. The van der Waals surface area contributed by atoms with Crippen LogP contribution in [0.2, 0.25) is 5.02 Å². The molecule has 5 rings (SSSR count). The predicted octanol–water partition coefficient (Wildman–Crippen LogP) is 4.06. The summed E-state index contributed by atoms with van der Waals surface area (Å²) in [4.78, 5) is 19.0. The second-order valence-electron chi connectivity index (χ2n) is 8.63. The van der Waals surface area contributed by atoms with Gasteiger partial charge in [0.15, 0.2) is 5.76 Å². The van der Waals surface area contributed by atoms with Crippen molar-refractivity contribution in [3.63, 3.8) is 0 Å². The summed E-state index contributed by atoms with van der Waals surface area (Å²) in [6.45, 7) is 3.37. The van der Waals surface area contributed by atoms with E-state index in [0.29, 0.717) is 17.3 Å². The molecule has 0 aliphatic carbocycles. The summed E-state index contributed by atoms with van der Waals surface area (Å²) in [6, 6.07) is 11.4. The molecule has 2 fully saturated rings. The smallest absolute Gasteiger partial charge is 0.287 e. The summed E-state index contributed by atoms with van der Waals surface area (Å²) in [5.74, 6) is 1.03. The minimum atomic E-state index is -0.187. The van der Waals surface area contributed by atoms with Crippen molar-refractivity contribution < 1.29 is 13.9 Å². The average molecular weight is 455 g/mol. The highest BCUT2D eigenvalue weighted by Gasteiger charge is 2.42. The molecule has 1 unspecified atom stereocenters. The van der Waals surface area contributed by atoms with Crippen LogP contribution in [-0.4, -0.2) is 51.7 Å². The van der Waals surface area contributed by atoms with E-state index in [4.69, 9.17) is 20.8 Å². The molecule has 2 aliphatic rings. The van der Waals surface area contributed by atoms with Gasteiger partial charge in [-0.1, -0.05) is 11.6 Å². The van der Waals surface area contributed by atoms with E-state index in [0.717, 1.165) is 51.1 Å². The van der Waals surface area contributed by atoms with Crippen LogP contribution in [0.25, 0.3) is 5.82 Å². The maximum absolute atomic E-state index is 12.1. The van der Waals surface area contributed by atoms with Crippen molar-refractivity contribution in [1.29, 1.82) is 0 Å². The van der Waals surface area contributed by atoms with Crippen molar-refractivity contribution in [3.8, 4) is 5.82 Å². The molecule has 5 heterocycles. The van der Waals surface area contributed by atoms with E-state index < -0.39 is 0 Å². The summed E-state index contributed by atoms with van der Waals surface area (Å²) < 4.78 is 13.7. The van der Waals surface area contributed by atoms with Gasteiger partial charge in [-0.15, -0.1) is 0 Å². The Bertz CT molecular complexity index is 1040. The number of pyridine rings is 1. The molecule has 1 spiro atoms. The van der Waals surface area contributed by atoms with Gasteiger partial charge >= 0.3 is 0 Å². The van der Waals surface area contributed by atoms with E-state index in [1.54, 1.807) is 18.3 Å². The van der Waals surface area contributed by atoms with E-state index in [9.17, 15) is 4.79 Å². The third-order valence-electron chi connectivity index (χ3n) is 6.52. The van der Waals surface area contributed by atoms with Gasteiger partial charge in [-0.3, -0.25) is 9.69 Å². The van der Waals surface area contributed by atoms with Gasteiger partial charge in [0.1, 0.15) is 5.82 Å². The molecular formula is C24H27ClN4O3. The summed E-state index contributed by atoms with van der Waals surface area (Å²) in [7, 11) is 0. The Labute approximate surface area is 192 Å². The number of piperidine rings is 1. The van der Waals surface area contributed by atoms with Gasteiger partial charge in [-0.2, -0.15) is 0 Å². The second-order valence-corrected chi connectivity index (χ2v) is 9.07. The first-order chi connectivity index (χ1) is 15.6. The van der Waals surface area contributed by atoms with Crippen LogP contribution in [-0.2, 0) is 11.3 Å². The lowest BCUT2D eigenvalue weighted by atomic mass is 9.88. The van der Waals surface area contributed by atoms with Crippen LogP contribution in [0.15, 0.2) is 59.5 Å². The number of likely N-dealkylation sites (tertiary alicyclic amines) is 1. The van der Waals surface area contributed by atoms with Gasteiger partial charge in [0, 0.05) is 44.3 Å². The number of rotatable bonds is 6. The quantitative estimate of drug-likeness (QED) is 0.608. The van der Waals surface area contributed by atoms with Crippen molar-refractivity contribution >= 4 is 17.5 Å².